The van der Waals surface area contributed by atoms with E-state index in [1.807, 2.05) is 0 Å². The molecule has 0 aromatic carbocycles. The van der Waals surface area contributed by atoms with E-state index in [-0.39, 0.29) is 5.97 Å². The highest BCUT2D eigenvalue weighted by molar-refractivity contribution is 6.25. The van der Waals surface area contributed by atoms with Crippen LogP contribution in [-0.4, -0.2) is 5.97 Å². The number of ether oxygens (including phenoxy) is 1. The Balaban J connectivity index is -0.000000138. The predicted molar refractivity (Wildman–Crippen MR) is 63.2 cm³/mol. The van der Waals surface area contributed by atoms with Crippen molar-refractivity contribution in [1.82, 2.24) is 0 Å². The van der Waals surface area contributed by atoms with E-state index in [1.54, 1.807) is 12.2 Å². The molecule has 0 aliphatic rings. The van der Waals surface area contributed by atoms with Crippen molar-refractivity contribution in [2.45, 2.75) is 6.92 Å². The van der Waals surface area contributed by atoms with Crippen LogP contribution in [0, 0.1) is 0 Å². The van der Waals surface area contributed by atoms with Gasteiger partial charge >= 0.3 is 5.97 Å². The molecule has 0 N–H and O–H groups in total. The van der Waals surface area contributed by atoms with E-state index < -0.39 is 0 Å². The lowest BCUT2D eigenvalue weighted by Crippen LogP contribution is -1.87. The number of allylic oxidation sites excluding steroid dienone is 2. The van der Waals surface area contributed by atoms with Gasteiger partial charge in [-0.15, -0.1) is 0 Å². The first-order chi connectivity index (χ1) is 6.60. The maximum absolute atomic E-state index is 9.75. The summed E-state index contributed by atoms with van der Waals surface area (Å²) in [6, 6.07) is 0. The lowest BCUT2D eigenvalue weighted by Gasteiger charge is -1.83. The van der Waals surface area contributed by atoms with Gasteiger partial charge in [0.25, 0.3) is 0 Å². The molecule has 0 unspecified atom stereocenters. The highest BCUT2D eigenvalue weighted by atomic mass is 35.5. The molecular formula is C10H14Cl2O2. The van der Waals surface area contributed by atoms with Gasteiger partial charge in [0.2, 0.25) is 0 Å². The maximum atomic E-state index is 9.75. The van der Waals surface area contributed by atoms with Crippen LogP contribution in [0.5, 0.6) is 0 Å². The molecule has 80 valence electrons. The average Bonchev–Trinajstić information content (AvgIpc) is 2.07. The molecule has 0 heterocycles. The monoisotopic (exact) mass is 236 g/mol. The molecule has 2 nitrogen and oxygen atoms in total. The van der Waals surface area contributed by atoms with Gasteiger partial charge in [-0.3, -0.25) is 4.79 Å². The first-order valence-electron chi connectivity index (χ1n) is 3.47. The van der Waals surface area contributed by atoms with Crippen molar-refractivity contribution in [3.8, 4) is 0 Å². The molecule has 0 fully saturated rings. The molecule has 4 heteroatoms. The highest BCUT2D eigenvalue weighted by Gasteiger charge is 1.79. The zero-order chi connectivity index (χ0) is 11.8. The van der Waals surface area contributed by atoms with Crippen LogP contribution in [0.1, 0.15) is 6.92 Å². The van der Waals surface area contributed by atoms with Gasteiger partial charge in [0, 0.05) is 12.5 Å². The molecule has 0 aromatic heterocycles. The van der Waals surface area contributed by atoms with Crippen LogP contribution in [0.2, 0.25) is 0 Å². The van der Waals surface area contributed by atoms with Gasteiger partial charge in [0.15, 0.2) is 0 Å². The number of rotatable bonds is 2. The lowest BCUT2D eigenvalue weighted by atomic mass is 10.6. The van der Waals surface area contributed by atoms with E-state index >= 15 is 0 Å². The zero-order valence-corrected chi connectivity index (χ0v) is 9.59. The number of carbonyl (C=O) groups is 1. The normalized spacial score (nSPS) is 7.07. The molecular weight excluding hydrogens is 223 g/mol. The first kappa shape index (κ1) is 18.7. The Labute approximate surface area is 95.2 Å². The van der Waals surface area contributed by atoms with Crippen LogP contribution in [-0.2, 0) is 9.53 Å². The minimum absolute atomic E-state index is 0.329. The van der Waals surface area contributed by atoms with E-state index in [4.69, 9.17) is 23.2 Å². The maximum Gasteiger partial charge on any atom is 0.307 e. The topological polar surface area (TPSA) is 26.3 Å². The molecule has 0 rings (SSSR count). The summed E-state index contributed by atoms with van der Waals surface area (Å²) in [5.41, 5.74) is 2.63. The van der Waals surface area contributed by atoms with Crippen molar-refractivity contribution >= 4 is 29.2 Å². The van der Waals surface area contributed by atoms with E-state index in [0.717, 1.165) is 6.26 Å². The number of carbonyl (C=O) groups excluding carboxylic acids is 1. The molecule has 0 aromatic rings. The third kappa shape index (κ3) is 68.6. The Morgan fingerprint density at radius 2 is 1.71 bits per heavy atom. The second-order valence-corrected chi connectivity index (χ2v) is 2.05. The number of hydrogen-bond acceptors (Lipinski definition) is 2. The van der Waals surface area contributed by atoms with Gasteiger partial charge in [-0.25, -0.2) is 0 Å². The molecule has 0 amide bonds. The summed E-state index contributed by atoms with van der Waals surface area (Å²) in [4.78, 5) is 9.75. The minimum atomic E-state index is -0.329. The van der Waals surface area contributed by atoms with Crippen LogP contribution in [0.25, 0.3) is 0 Å². The molecule has 0 aliphatic carbocycles. The van der Waals surface area contributed by atoms with Crippen molar-refractivity contribution in [2.75, 3.05) is 0 Å². The van der Waals surface area contributed by atoms with Gasteiger partial charge in [0.05, 0.1) is 6.26 Å². The Hall–Kier alpha value is -0.990. The van der Waals surface area contributed by atoms with Crippen molar-refractivity contribution in [1.29, 1.82) is 0 Å². The molecule has 0 atom stereocenters. The SMILES string of the molecule is C=CC=CCl.C=CCl.C=COC(C)=O. The van der Waals surface area contributed by atoms with Crippen LogP contribution in [0.3, 0.4) is 0 Å². The van der Waals surface area contributed by atoms with Gasteiger partial charge in [-0.1, -0.05) is 55.1 Å². The molecule has 14 heavy (non-hydrogen) atoms. The summed E-state index contributed by atoms with van der Waals surface area (Å²) in [5, 5.41) is 0. The quantitative estimate of drug-likeness (QED) is 0.412. The Morgan fingerprint density at radius 1 is 1.29 bits per heavy atom. The van der Waals surface area contributed by atoms with Crippen LogP contribution < -0.4 is 0 Å². The number of halogens is 2. The van der Waals surface area contributed by atoms with Crippen LogP contribution in [0.15, 0.2) is 49.2 Å². The Bertz CT molecular complexity index is 187. The third-order valence-electron chi connectivity index (χ3n) is 0.458. The fourth-order valence-electron chi connectivity index (χ4n) is 0.169. The summed E-state index contributed by atoms with van der Waals surface area (Å²) in [6.07, 6.45) is 4.37. The second kappa shape index (κ2) is 22.7. The molecule has 0 spiro atoms. The largest absolute Gasteiger partial charge is 0.435 e. The molecule has 0 radical (unpaired) electrons. The molecule has 0 saturated carbocycles. The molecule has 0 bridgehead atoms. The average molecular weight is 237 g/mol. The summed E-state index contributed by atoms with van der Waals surface area (Å²) in [6.45, 7) is 11.0. The summed E-state index contributed by atoms with van der Waals surface area (Å²) < 4.78 is 4.17. The number of esters is 1. The van der Waals surface area contributed by atoms with Crippen molar-refractivity contribution in [3.05, 3.63) is 49.2 Å². The summed E-state index contributed by atoms with van der Waals surface area (Å²) in [7, 11) is 0. The van der Waals surface area contributed by atoms with E-state index in [1.165, 1.54) is 18.0 Å². The summed E-state index contributed by atoms with van der Waals surface area (Å²) >= 11 is 9.81. The van der Waals surface area contributed by atoms with Crippen molar-refractivity contribution in [3.63, 3.8) is 0 Å². The fraction of sp³-hybridized carbons (Fsp3) is 0.100. The Kier molecular flexibility index (Phi) is 30.4. The first-order valence-corrected chi connectivity index (χ1v) is 4.34. The predicted octanol–water partition coefficient (Wildman–Crippen LogP) is 3.99. The van der Waals surface area contributed by atoms with Gasteiger partial charge < -0.3 is 4.74 Å². The van der Waals surface area contributed by atoms with E-state index in [2.05, 4.69) is 24.5 Å². The molecule has 0 aliphatic heterocycles. The van der Waals surface area contributed by atoms with Gasteiger partial charge in [-0.2, -0.15) is 0 Å². The van der Waals surface area contributed by atoms with Crippen LogP contribution in [0.4, 0.5) is 0 Å². The van der Waals surface area contributed by atoms with Gasteiger partial charge in [-0.05, 0) is 5.54 Å². The second-order valence-electron chi connectivity index (χ2n) is 1.48. The highest BCUT2D eigenvalue weighted by Crippen LogP contribution is 1.74. The number of hydrogen-bond donors (Lipinski definition) is 0. The zero-order valence-electron chi connectivity index (χ0n) is 8.08. The standard InChI is InChI=1S/C4H5Cl.C4H6O2.C2H3Cl/c1-2-3-4-5;1-3-6-4(2)5;1-2-3/h2-4H,1H2;3H,1H2,2H3;2H,1H2. The molecule has 0 saturated heterocycles. The minimum Gasteiger partial charge on any atom is -0.435 e. The Morgan fingerprint density at radius 3 is 1.71 bits per heavy atom. The summed E-state index contributed by atoms with van der Waals surface area (Å²) in [5.74, 6) is -0.329. The van der Waals surface area contributed by atoms with Gasteiger partial charge in [0.1, 0.15) is 0 Å². The van der Waals surface area contributed by atoms with Crippen molar-refractivity contribution < 1.29 is 9.53 Å². The smallest absolute Gasteiger partial charge is 0.307 e. The van der Waals surface area contributed by atoms with Crippen LogP contribution >= 0.6 is 23.2 Å². The fourth-order valence-corrected chi connectivity index (χ4v) is 0.272. The third-order valence-corrected chi connectivity index (χ3v) is 0.604. The van der Waals surface area contributed by atoms with Crippen molar-refractivity contribution in [2.24, 2.45) is 0 Å². The lowest BCUT2D eigenvalue weighted by molar-refractivity contribution is -0.135. The van der Waals surface area contributed by atoms with E-state index in [9.17, 15) is 4.79 Å². The van der Waals surface area contributed by atoms with E-state index in [0.29, 0.717) is 0 Å².